The van der Waals surface area contributed by atoms with Gasteiger partial charge >= 0.3 is 0 Å². The lowest BCUT2D eigenvalue weighted by atomic mass is 9.97. The Labute approximate surface area is 112 Å². The molecular weight excluding hydrogens is 222 g/mol. The van der Waals surface area contributed by atoms with E-state index in [0.29, 0.717) is 12.1 Å². The smallest absolute Gasteiger partial charge is 0.0543 e. The van der Waals surface area contributed by atoms with E-state index in [9.17, 15) is 0 Å². The first-order valence-corrected chi connectivity index (χ1v) is 6.91. The number of benzene rings is 1. The zero-order valence-electron chi connectivity index (χ0n) is 12.4. The minimum Gasteiger partial charge on any atom is -0.382 e. The Kier molecular flexibility index (Phi) is 6.37. The molecule has 2 nitrogen and oxygen atoms in total. The molecule has 0 radical (unpaired) electrons. The molecule has 0 amide bonds. The second kappa shape index (κ2) is 7.55. The highest BCUT2D eigenvalue weighted by Gasteiger charge is 2.12. The van der Waals surface area contributed by atoms with Crippen LogP contribution in [0, 0.1) is 13.8 Å². The van der Waals surface area contributed by atoms with Gasteiger partial charge in [-0.3, -0.25) is 0 Å². The van der Waals surface area contributed by atoms with Crippen molar-refractivity contribution < 1.29 is 4.74 Å². The van der Waals surface area contributed by atoms with Gasteiger partial charge in [0.2, 0.25) is 0 Å². The molecule has 1 N–H and O–H groups in total. The third-order valence-electron chi connectivity index (χ3n) is 3.65. The molecule has 2 unspecified atom stereocenters. The predicted molar refractivity (Wildman–Crippen MR) is 78.0 cm³/mol. The van der Waals surface area contributed by atoms with E-state index in [4.69, 9.17) is 4.74 Å². The average molecular weight is 249 g/mol. The van der Waals surface area contributed by atoms with Gasteiger partial charge in [-0.2, -0.15) is 0 Å². The molecule has 2 heteroatoms. The van der Waals surface area contributed by atoms with E-state index >= 15 is 0 Å². The highest BCUT2D eigenvalue weighted by molar-refractivity contribution is 5.31. The van der Waals surface area contributed by atoms with Gasteiger partial charge in [-0.05, 0) is 56.8 Å². The van der Waals surface area contributed by atoms with Crippen LogP contribution >= 0.6 is 0 Å². The van der Waals surface area contributed by atoms with Crippen LogP contribution in [-0.4, -0.2) is 19.8 Å². The molecule has 1 rings (SSSR count). The number of hydrogen-bond acceptors (Lipinski definition) is 2. The maximum atomic E-state index is 5.33. The number of rotatable bonds is 7. The highest BCUT2D eigenvalue weighted by atomic mass is 16.5. The summed E-state index contributed by atoms with van der Waals surface area (Å²) in [5, 5.41) is 3.57. The molecule has 0 aliphatic heterocycles. The van der Waals surface area contributed by atoms with Crippen LogP contribution in [0.3, 0.4) is 0 Å². The molecule has 0 spiro atoms. The summed E-state index contributed by atoms with van der Waals surface area (Å²) >= 11 is 0. The van der Waals surface area contributed by atoms with E-state index in [1.807, 2.05) is 0 Å². The quantitative estimate of drug-likeness (QED) is 0.794. The maximum Gasteiger partial charge on any atom is 0.0543 e. The van der Waals surface area contributed by atoms with Crippen molar-refractivity contribution in [1.29, 1.82) is 0 Å². The van der Waals surface area contributed by atoms with Gasteiger partial charge in [0, 0.05) is 13.2 Å². The van der Waals surface area contributed by atoms with Crippen molar-refractivity contribution in [2.75, 3.05) is 13.7 Å². The Balaban J connectivity index is 2.73. The summed E-state index contributed by atoms with van der Waals surface area (Å²) in [6.07, 6.45) is 2.53. The molecule has 1 aromatic rings. The van der Waals surface area contributed by atoms with Crippen molar-refractivity contribution in [3.05, 3.63) is 34.9 Å². The minimum atomic E-state index is 0.331. The van der Waals surface area contributed by atoms with Crippen molar-refractivity contribution in [3.8, 4) is 0 Å². The summed E-state index contributed by atoms with van der Waals surface area (Å²) in [4.78, 5) is 0. The van der Waals surface area contributed by atoms with E-state index < -0.39 is 0 Å². The molecule has 0 heterocycles. The topological polar surface area (TPSA) is 21.3 Å². The normalized spacial score (nSPS) is 14.5. The highest BCUT2D eigenvalue weighted by Crippen LogP contribution is 2.22. The van der Waals surface area contributed by atoms with Crippen LogP contribution in [0.2, 0.25) is 0 Å². The standard InChI is InChI=1S/C16H27NO/c1-6-17-16(10-8-14(4)18-5)15-9-7-12(2)13(3)11-15/h7,9,11,14,16-17H,6,8,10H2,1-5H3. The fourth-order valence-electron chi connectivity index (χ4n) is 2.13. The van der Waals surface area contributed by atoms with Gasteiger partial charge in [0.25, 0.3) is 0 Å². The zero-order valence-corrected chi connectivity index (χ0v) is 12.4. The molecule has 0 aromatic heterocycles. The number of aryl methyl sites for hydroxylation is 2. The summed E-state index contributed by atoms with van der Waals surface area (Å²) < 4.78 is 5.33. The summed E-state index contributed by atoms with van der Waals surface area (Å²) in [7, 11) is 1.78. The van der Waals surface area contributed by atoms with Gasteiger partial charge in [-0.25, -0.2) is 0 Å². The lowest BCUT2D eigenvalue weighted by Gasteiger charge is -2.21. The number of nitrogens with one attached hydrogen (secondary N) is 1. The predicted octanol–water partition coefficient (Wildman–Crippen LogP) is 3.77. The van der Waals surface area contributed by atoms with Crippen LogP contribution in [0.1, 0.15) is 49.4 Å². The first-order valence-electron chi connectivity index (χ1n) is 6.91. The first kappa shape index (κ1) is 15.2. The second-order valence-electron chi connectivity index (χ2n) is 5.08. The van der Waals surface area contributed by atoms with Crippen LogP contribution in [0.25, 0.3) is 0 Å². The molecule has 2 atom stereocenters. The first-order chi connectivity index (χ1) is 8.58. The Morgan fingerprint density at radius 1 is 1.17 bits per heavy atom. The number of hydrogen-bond donors (Lipinski definition) is 1. The zero-order chi connectivity index (χ0) is 13.5. The third-order valence-corrected chi connectivity index (χ3v) is 3.65. The fraction of sp³-hybridized carbons (Fsp3) is 0.625. The van der Waals surface area contributed by atoms with Crippen molar-refractivity contribution >= 4 is 0 Å². The summed E-state index contributed by atoms with van der Waals surface area (Å²) in [6, 6.07) is 7.20. The van der Waals surface area contributed by atoms with Gasteiger partial charge in [-0.1, -0.05) is 25.1 Å². The average Bonchev–Trinajstić information content (AvgIpc) is 2.37. The lowest BCUT2D eigenvalue weighted by Crippen LogP contribution is -2.22. The van der Waals surface area contributed by atoms with E-state index in [1.165, 1.54) is 16.7 Å². The Morgan fingerprint density at radius 3 is 2.44 bits per heavy atom. The molecule has 0 saturated heterocycles. The summed E-state index contributed by atoms with van der Waals surface area (Å²) in [6.45, 7) is 9.63. The third kappa shape index (κ3) is 4.43. The SMILES string of the molecule is CCNC(CCC(C)OC)c1ccc(C)c(C)c1. The monoisotopic (exact) mass is 249 g/mol. The maximum absolute atomic E-state index is 5.33. The van der Waals surface area contributed by atoms with E-state index in [0.717, 1.165) is 19.4 Å². The molecule has 102 valence electrons. The van der Waals surface area contributed by atoms with Gasteiger partial charge in [0.05, 0.1) is 6.10 Å². The number of methoxy groups -OCH3 is 1. The Morgan fingerprint density at radius 2 is 1.89 bits per heavy atom. The van der Waals surface area contributed by atoms with E-state index in [1.54, 1.807) is 7.11 Å². The molecule has 0 fully saturated rings. The van der Waals surface area contributed by atoms with Crippen molar-refractivity contribution in [2.45, 2.75) is 52.7 Å². The van der Waals surface area contributed by atoms with Gasteiger partial charge in [-0.15, -0.1) is 0 Å². The van der Waals surface area contributed by atoms with Crippen LogP contribution < -0.4 is 5.32 Å². The second-order valence-corrected chi connectivity index (χ2v) is 5.08. The summed E-state index contributed by atoms with van der Waals surface area (Å²) in [5.41, 5.74) is 4.12. The molecular formula is C16H27NO. The van der Waals surface area contributed by atoms with Gasteiger partial charge in [0.1, 0.15) is 0 Å². The molecule has 18 heavy (non-hydrogen) atoms. The van der Waals surface area contributed by atoms with E-state index in [-0.39, 0.29) is 0 Å². The van der Waals surface area contributed by atoms with Gasteiger partial charge < -0.3 is 10.1 Å². The summed E-state index contributed by atoms with van der Waals surface area (Å²) in [5.74, 6) is 0. The van der Waals surface area contributed by atoms with E-state index in [2.05, 4.69) is 51.2 Å². The van der Waals surface area contributed by atoms with Crippen LogP contribution in [0.4, 0.5) is 0 Å². The molecule has 1 aromatic carbocycles. The fourth-order valence-corrected chi connectivity index (χ4v) is 2.13. The number of ether oxygens (including phenoxy) is 1. The van der Waals surface area contributed by atoms with Crippen molar-refractivity contribution in [2.24, 2.45) is 0 Å². The van der Waals surface area contributed by atoms with Gasteiger partial charge in [0.15, 0.2) is 0 Å². The lowest BCUT2D eigenvalue weighted by molar-refractivity contribution is 0.106. The molecule has 0 aliphatic carbocycles. The minimum absolute atomic E-state index is 0.331. The Bertz CT molecular complexity index is 362. The molecule has 0 aliphatic rings. The van der Waals surface area contributed by atoms with Crippen LogP contribution in [0.5, 0.6) is 0 Å². The van der Waals surface area contributed by atoms with Crippen LogP contribution in [-0.2, 0) is 4.74 Å². The largest absolute Gasteiger partial charge is 0.382 e. The van der Waals surface area contributed by atoms with Crippen molar-refractivity contribution in [1.82, 2.24) is 5.32 Å². The van der Waals surface area contributed by atoms with Crippen molar-refractivity contribution in [3.63, 3.8) is 0 Å². The van der Waals surface area contributed by atoms with Crippen LogP contribution in [0.15, 0.2) is 18.2 Å². The molecule has 0 bridgehead atoms. The molecule has 0 saturated carbocycles. The Hall–Kier alpha value is -0.860.